The zero-order chi connectivity index (χ0) is 18.8. The number of carbonyl (C=O) groups is 2. The Hall–Kier alpha value is -2.15. The molecule has 1 heterocycles. The minimum atomic E-state index is -0.414. The Morgan fingerprint density at radius 2 is 1.92 bits per heavy atom. The normalized spacial score (nSPS) is 15.8. The molecule has 0 saturated carbocycles. The summed E-state index contributed by atoms with van der Waals surface area (Å²) in [6.45, 7) is 0.0985. The summed E-state index contributed by atoms with van der Waals surface area (Å²) < 4.78 is 5.04. The van der Waals surface area contributed by atoms with Crippen LogP contribution >= 0.6 is 35.0 Å². The average molecular weight is 410 g/mol. The molecule has 1 aliphatic heterocycles. The number of hydrogen-bond donors (Lipinski definition) is 1. The lowest BCUT2D eigenvalue weighted by Gasteiger charge is -2.13. The fraction of sp³-hybridized carbons (Fsp3) is 0.111. The molecule has 2 aromatic rings. The van der Waals surface area contributed by atoms with Crippen molar-refractivity contribution in [3.8, 4) is 11.5 Å². The van der Waals surface area contributed by atoms with Crippen molar-refractivity contribution in [2.45, 2.75) is 6.54 Å². The molecule has 0 unspecified atom stereocenters. The van der Waals surface area contributed by atoms with Gasteiger partial charge in [0.2, 0.25) is 0 Å². The average Bonchev–Trinajstić information content (AvgIpc) is 2.87. The van der Waals surface area contributed by atoms with E-state index in [4.69, 9.17) is 27.9 Å². The Kier molecular flexibility index (Phi) is 5.46. The quantitative estimate of drug-likeness (QED) is 0.723. The molecule has 0 spiro atoms. The topological polar surface area (TPSA) is 66.8 Å². The summed E-state index contributed by atoms with van der Waals surface area (Å²) in [7, 11) is 1.40. The van der Waals surface area contributed by atoms with Gasteiger partial charge in [0.25, 0.3) is 11.1 Å². The number of hydrogen-bond acceptors (Lipinski definition) is 5. The van der Waals surface area contributed by atoms with E-state index in [1.165, 1.54) is 25.3 Å². The third-order valence-corrected chi connectivity index (χ3v) is 5.29. The van der Waals surface area contributed by atoms with Crippen molar-refractivity contribution in [2.75, 3.05) is 7.11 Å². The fourth-order valence-electron chi connectivity index (χ4n) is 2.42. The first kappa shape index (κ1) is 18.6. The van der Waals surface area contributed by atoms with Gasteiger partial charge in [-0.05, 0) is 47.2 Å². The summed E-state index contributed by atoms with van der Waals surface area (Å²) in [5, 5.41) is 9.99. The van der Waals surface area contributed by atoms with Gasteiger partial charge >= 0.3 is 0 Å². The lowest BCUT2D eigenvalue weighted by molar-refractivity contribution is -0.123. The molecule has 1 N–H and O–H groups in total. The Morgan fingerprint density at radius 1 is 1.19 bits per heavy atom. The second-order valence-corrected chi connectivity index (χ2v) is 7.22. The number of phenolic OH excluding ortho intramolecular Hbond substituents is 1. The third-order valence-electron chi connectivity index (χ3n) is 3.73. The van der Waals surface area contributed by atoms with Gasteiger partial charge in [-0.25, -0.2) is 0 Å². The molecular weight excluding hydrogens is 397 g/mol. The number of benzene rings is 2. The number of carbonyl (C=O) groups excluding carboxylic acids is 2. The molecule has 0 bridgehead atoms. The minimum Gasteiger partial charge on any atom is -0.503 e. The van der Waals surface area contributed by atoms with Gasteiger partial charge in [0, 0.05) is 5.02 Å². The van der Waals surface area contributed by atoms with Crippen LogP contribution in [0.1, 0.15) is 11.1 Å². The molecule has 0 aromatic heterocycles. The number of amides is 2. The van der Waals surface area contributed by atoms with Crippen LogP contribution in [0.2, 0.25) is 10.0 Å². The first-order chi connectivity index (χ1) is 12.4. The maximum Gasteiger partial charge on any atom is 0.293 e. The Balaban J connectivity index is 1.88. The van der Waals surface area contributed by atoms with Crippen LogP contribution in [-0.2, 0) is 11.3 Å². The van der Waals surface area contributed by atoms with Gasteiger partial charge < -0.3 is 9.84 Å². The van der Waals surface area contributed by atoms with E-state index < -0.39 is 5.91 Å². The molecule has 5 nitrogen and oxygen atoms in total. The third kappa shape index (κ3) is 3.67. The Labute approximate surface area is 164 Å². The zero-order valence-electron chi connectivity index (χ0n) is 13.5. The highest BCUT2D eigenvalue weighted by atomic mass is 35.5. The molecule has 0 atom stereocenters. The maximum atomic E-state index is 12.6. The van der Waals surface area contributed by atoms with E-state index >= 15 is 0 Å². The number of ether oxygens (including phenoxy) is 1. The van der Waals surface area contributed by atoms with Crippen LogP contribution in [-0.4, -0.2) is 28.3 Å². The number of methoxy groups -OCH3 is 1. The first-order valence-corrected chi connectivity index (χ1v) is 9.03. The van der Waals surface area contributed by atoms with Crippen molar-refractivity contribution < 1.29 is 19.4 Å². The van der Waals surface area contributed by atoms with E-state index in [2.05, 4.69) is 0 Å². The van der Waals surface area contributed by atoms with Crippen molar-refractivity contribution in [1.82, 2.24) is 4.90 Å². The largest absolute Gasteiger partial charge is 0.503 e. The molecule has 134 valence electrons. The Bertz CT molecular complexity index is 929. The number of halogens is 2. The predicted octanol–water partition coefficient (Wildman–Crippen LogP) is 4.94. The molecule has 1 fully saturated rings. The number of thioether (sulfide) groups is 1. The van der Waals surface area contributed by atoms with Gasteiger partial charge in [-0.2, -0.15) is 0 Å². The smallest absolute Gasteiger partial charge is 0.293 e. The molecule has 26 heavy (non-hydrogen) atoms. The van der Waals surface area contributed by atoms with Crippen molar-refractivity contribution in [3.63, 3.8) is 0 Å². The lowest BCUT2D eigenvalue weighted by atomic mass is 10.1. The molecule has 2 amide bonds. The second-order valence-electron chi connectivity index (χ2n) is 5.41. The van der Waals surface area contributed by atoms with Crippen LogP contribution in [0.3, 0.4) is 0 Å². The first-order valence-electron chi connectivity index (χ1n) is 7.46. The zero-order valence-corrected chi connectivity index (χ0v) is 15.9. The monoisotopic (exact) mass is 409 g/mol. The molecule has 3 rings (SSSR count). The molecular formula is C18H13Cl2NO4S. The van der Waals surface area contributed by atoms with Crippen LogP contribution in [0.15, 0.2) is 41.3 Å². The van der Waals surface area contributed by atoms with Gasteiger partial charge in [-0.3, -0.25) is 14.5 Å². The summed E-state index contributed by atoms with van der Waals surface area (Å²) in [5.74, 6) is -0.416. The summed E-state index contributed by atoms with van der Waals surface area (Å²) in [6, 6.07) is 10.1. The van der Waals surface area contributed by atoms with Crippen molar-refractivity contribution >= 4 is 52.2 Å². The van der Waals surface area contributed by atoms with Crippen LogP contribution in [0.4, 0.5) is 4.79 Å². The maximum absolute atomic E-state index is 12.6. The molecule has 0 radical (unpaired) electrons. The van der Waals surface area contributed by atoms with Crippen LogP contribution in [0.5, 0.6) is 11.5 Å². The molecule has 1 saturated heterocycles. The van der Waals surface area contributed by atoms with E-state index in [0.29, 0.717) is 16.1 Å². The number of phenols is 1. The number of rotatable bonds is 4. The van der Waals surface area contributed by atoms with Gasteiger partial charge in [0.05, 0.1) is 23.6 Å². The molecule has 1 aliphatic rings. The van der Waals surface area contributed by atoms with Gasteiger partial charge in [-0.15, -0.1) is 0 Å². The van der Waals surface area contributed by atoms with Crippen LogP contribution in [0, 0.1) is 0 Å². The summed E-state index contributed by atoms with van der Waals surface area (Å²) in [5.41, 5.74) is 1.22. The summed E-state index contributed by atoms with van der Waals surface area (Å²) >= 11 is 12.9. The van der Waals surface area contributed by atoms with E-state index in [1.807, 2.05) is 0 Å². The predicted molar refractivity (Wildman–Crippen MR) is 103 cm³/mol. The van der Waals surface area contributed by atoms with Crippen molar-refractivity contribution in [1.29, 1.82) is 0 Å². The van der Waals surface area contributed by atoms with Gasteiger partial charge in [-0.1, -0.05) is 41.4 Å². The molecule has 8 heteroatoms. The lowest BCUT2D eigenvalue weighted by Crippen LogP contribution is -2.27. The van der Waals surface area contributed by atoms with Gasteiger partial charge in [0.1, 0.15) is 0 Å². The molecule has 0 aliphatic carbocycles. The summed E-state index contributed by atoms with van der Waals surface area (Å²) in [4.78, 5) is 26.2. The minimum absolute atomic E-state index is 0.0888. The van der Waals surface area contributed by atoms with E-state index in [-0.39, 0.29) is 33.2 Å². The second kappa shape index (κ2) is 7.61. The van der Waals surface area contributed by atoms with E-state index in [0.717, 1.165) is 16.7 Å². The SMILES string of the molecule is COc1cc(/C=C2\SC(=O)N(Cc3ccccc3Cl)C2=O)cc(Cl)c1O. The van der Waals surface area contributed by atoms with E-state index in [9.17, 15) is 14.7 Å². The number of nitrogens with zero attached hydrogens (tertiary/aromatic N) is 1. The van der Waals surface area contributed by atoms with E-state index in [1.54, 1.807) is 24.3 Å². The standard InChI is InChI=1S/C18H13Cl2NO4S/c1-25-14-7-10(6-13(20)16(14)22)8-15-17(23)21(18(24)26-15)9-11-4-2-3-5-12(11)19/h2-8,22H,9H2,1H3/b15-8-. The van der Waals surface area contributed by atoms with Crippen molar-refractivity contribution in [2.24, 2.45) is 0 Å². The van der Waals surface area contributed by atoms with Crippen LogP contribution in [0.25, 0.3) is 6.08 Å². The fourth-order valence-corrected chi connectivity index (χ4v) is 3.67. The van der Waals surface area contributed by atoms with Gasteiger partial charge in [0.15, 0.2) is 11.5 Å². The van der Waals surface area contributed by atoms with Crippen LogP contribution < -0.4 is 4.74 Å². The highest BCUT2D eigenvalue weighted by molar-refractivity contribution is 8.18. The number of aromatic hydroxyl groups is 1. The highest BCUT2D eigenvalue weighted by Crippen LogP contribution is 2.38. The van der Waals surface area contributed by atoms with Crippen molar-refractivity contribution in [3.05, 3.63) is 62.5 Å². The number of imide groups is 1. The summed E-state index contributed by atoms with van der Waals surface area (Å²) in [6.07, 6.45) is 1.53. The molecule has 2 aromatic carbocycles. The Morgan fingerprint density at radius 3 is 2.62 bits per heavy atom. The highest BCUT2D eigenvalue weighted by Gasteiger charge is 2.35.